The SMILES string of the molecule is CCCC=C(O)C(C)C=CCCCCC. The van der Waals surface area contributed by atoms with Gasteiger partial charge in [-0.1, -0.05) is 52.2 Å². The molecular weight excluding hydrogens is 184 g/mol. The minimum absolute atomic E-state index is 0.179. The molecule has 0 aliphatic rings. The second kappa shape index (κ2) is 9.82. The minimum atomic E-state index is 0.179. The summed E-state index contributed by atoms with van der Waals surface area (Å²) in [6.07, 6.45) is 13.3. The molecule has 0 aromatic heterocycles. The van der Waals surface area contributed by atoms with Gasteiger partial charge in [-0.3, -0.25) is 0 Å². The molecule has 0 aromatic carbocycles. The van der Waals surface area contributed by atoms with E-state index in [0.717, 1.165) is 19.3 Å². The van der Waals surface area contributed by atoms with Gasteiger partial charge >= 0.3 is 0 Å². The molecule has 0 radical (unpaired) electrons. The fourth-order valence-corrected chi connectivity index (χ4v) is 1.39. The van der Waals surface area contributed by atoms with Crippen molar-refractivity contribution in [3.05, 3.63) is 24.0 Å². The first-order valence-electron chi connectivity index (χ1n) is 6.28. The summed E-state index contributed by atoms with van der Waals surface area (Å²) < 4.78 is 0. The lowest BCUT2D eigenvalue weighted by atomic mass is 10.1. The van der Waals surface area contributed by atoms with Crippen LogP contribution in [0.4, 0.5) is 0 Å². The summed E-state index contributed by atoms with van der Waals surface area (Å²) in [5.74, 6) is 0.696. The van der Waals surface area contributed by atoms with Gasteiger partial charge in [-0.25, -0.2) is 0 Å². The van der Waals surface area contributed by atoms with Gasteiger partial charge in [0.1, 0.15) is 0 Å². The van der Waals surface area contributed by atoms with Crippen LogP contribution >= 0.6 is 0 Å². The quantitative estimate of drug-likeness (QED) is 0.339. The van der Waals surface area contributed by atoms with Crippen LogP contribution in [0.1, 0.15) is 59.3 Å². The number of aliphatic hydroxyl groups excluding tert-OH is 1. The zero-order chi connectivity index (χ0) is 11.5. The first-order valence-corrected chi connectivity index (χ1v) is 6.28. The molecule has 0 fully saturated rings. The van der Waals surface area contributed by atoms with Gasteiger partial charge in [-0.2, -0.15) is 0 Å². The number of hydrogen-bond donors (Lipinski definition) is 1. The molecule has 0 bridgehead atoms. The summed E-state index contributed by atoms with van der Waals surface area (Å²) in [4.78, 5) is 0. The first kappa shape index (κ1) is 14.3. The van der Waals surface area contributed by atoms with Crippen LogP contribution in [0.25, 0.3) is 0 Å². The number of rotatable bonds is 8. The van der Waals surface area contributed by atoms with E-state index in [-0.39, 0.29) is 5.92 Å². The molecule has 1 N–H and O–H groups in total. The zero-order valence-corrected chi connectivity index (χ0v) is 10.5. The Morgan fingerprint density at radius 1 is 1.13 bits per heavy atom. The van der Waals surface area contributed by atoms with E-state index in [0.29, 0.717) is 5.76 Å². The number of allylic oxidation sites excluding steroid dienone is 3. The lowest BCUT2D eigenvalue weighted by Gasteiger charge is -2.04. The van der Waals surface area contributed by atoms with Crippen LogP contribution in [0.5, 0.6) is 0 Å². The van der Waals surface area contributed by atoms with Gasteiger partial charge in [0.05, 0.1) is 5.76 Å². The number of unbranched alkanes of at least 4 members (excludes halogenated alkanes) is 4. The molecule has 0 saturated heterocycles. The van der Waals surface area contributed by atoms with Crippen molar-refractivity contribution in [1.82, 2.24) is 0 Å². The fourth-order valence-electron chi connectivity index (χ4n) is 1.39. The van der Waals surface area contributed by atoms with E-state index in [2.05, 4.69) is 26.0 Å². The molecule has 1 nitrogen and oxygen atoms in total. The lowest BCUT2D eigenvalue weighted by Crippen LogP contribution is -1.94. The Bertz CT molecular complexity index is 192. The molecular formula is C14H26O. The molecule has 0 spiro atoms. The summed E-state index contributed by atoms with van der Waals surface area (Å²) >= 11 is 0. The topological polar surface area (TPSA) is 20.2 Å². The van der Waals surface area contributed by atoms with Crippen molar-refractivity contribution in [3.8, 4) is 0 Å². The van der Waals surface area contributed by atoms with Gasteiger partial charge in [0.2, 0.25) is 0 Å². The van der Waals surface area contributed by atoms with E-state index in [1.54, 1.807) is 0 Å². The van der Waals surface area contributed by atoms with E-state index in [1.165, 1.54) is 19.3 Å². The molecule has 0 aromatic rings. The summed E-state index contributed by atoms with van der Waals surface area (Å²) in [6.45, 7) is 6.37. The van der Waals surface area contributed by atoms with Gasteiger partial charge in [0.15, 0.2) is 0 Å². The zero-order valence-electron chi connectivity index (χ0n) is 10.5. The van der Waals surface area contributed by atoms with Gasteiger partial charge in [-0.15, -0.1) is 0 Å². The van der Waals surface area contributed by atoms with Crippen molar-refractivity contribution < 1.29 is 5.11 Å². The van der Waals surface area contributed by atoms with Crippen molar-refractivity contribution in [1.29, 1.82) is 0 Å². The monoisotopic (exact) mass is 210 g/mol. The van der Waals surface area contributed by atoms with E-state index < -0.39 is 0 Å². The predicted molar refractivity (Wildman–Crippen MR) is 68.1 cm³/mol. The Labute approximate surface area is 94.9 Å². The van der Waals surface area contributed by atoms with Crippen molar-refractivity contribution in [2.75, 3.05) is 0 Å². The molecule has 15 heavy (non-hydrogen) atoms. The Morgan fingerprint density at radius 3 is 2.47 bits per heavy atom. The summed E-state index contributed by atoms with van der Waals surface area (Å²) in [5.41, 5.74) is 0. The Kier molecular flexibility index (Phi) is 9.35. The first-order chi connectivity index (χ1) is 7.22. The van der Waals surface area contributed by atoms with Gasteiger partial charge in [0.25, 0.3) is 0 Å². The maximum Gasteiger partial charge on any atom is 0.0948 e. The van der Waals surface area contributed by atoms with Crippen LogP contribution in [0.3, 0.4) is 0 Å². The molecule has 1 atom stereocenters. The Hall–Kier alpha value is -0.720. The maximum atomic E-state index is 9.66. The van der Waals surface area contributed by atoms with Crippen LogP contribution in [0.2, 0.25) is 0 Å². The second-order valence-electron chi connectivity index (χ2n) is 4.13. The molecule has 0 aliphatic carbocycles. The smallest absolute Gasteiger partial charge is 0.0948 e. The highest BCUT2D eigenvalue weighted by molar-refractivity contribution is 5.04. The normalized spacial score (nSPS) is 14.7. The maximum absolute atomic E-state index is 9.66. The van der Waals surface area contributed by atoms with Crippen molar-refractivity contribution >= 4 is 0 Å². The summed E-state index contributed by atoms with van der Waals surface area (Å²) in [6, 6.07) is 0. The molecule has 0 aliphatic heterocycles. The van der Waals surface area contributed by atoms with Crippen LogP contribution in [-0.2, 0) is 0 Å². The lowest BCUT2D eigenvalue weighted by molar-refractivity contribution is 0.362. The van der Waals surface area contributed by atoms with Gasteiger partial charge in [-0.05, 0) is 25.3 Å². The van der Waals surface area contributed by atoms with E-state index >= 15 is 0 Å². The molecule has 0 amide bonds. The third-order valence-corrected chi connectivity index (χ3v) is 2.51. The molecule has 1 heteroatoms. The van der Waals surface area contributed by atoms with Gasteiger partial charge in [0, 0.05) is 5.92 Å². The Morgan fingerprint density at radius 2 is 1.87 bits per heavy atom. The summed E-state index contributed by atoms with van der Waals surface area (Å²) in [7, 11) is 0. The van der Waals surface area contributed by atoms with Crippen LogP contribution in [0.15, 0.2) is 24.0 Å². The fraction of sp³-hybridized carbons (Fsp3) is 0.714. The average Bonchev–Trinajstić information content (AvgIpc) is 2.25. The molecule has 88 valence electrons. The van der Waals surface area contributed by atoms with Crippen LogP contribution in [0, 0.1) is 5.92 Å². The standard InChI is InChI=1S/C14H26O/c1-4-6-8-9-10-11-13(3)14(15)12-7-5-2/h10-13,15H,4-9H2,1-3H3. The third kappa shape index (κ3) is 8.29. The number of aliphatic hydroxyl groups is 1. The Balaban J connectivity index is 3.75. The molecule has 0 heterocycles. The van der Waals surface area contributed by atoms with E-state index in [1.807, 2.05) is 13.0 Å². The molecule has 0 rings (SSSR count). The van der Waals surface area contributed by atoms with Crippen LogP contribution < -0.4 is 0 Å². The largest absolute Gasteiger partial charge is 0.512 e. The van der Waals surface area contributed by atoms with E-state index in [9.17, 15) is 5.11 Å². The number of hydrogen-bond acceptors (Lipinski definition) is 1. The van der Waals surface area contributed by atoms with E-state index in [4.69, 9.17) is 0 Å². The molecule has 1 unspecified atom stereocenters. The summed E-state index contributed by atoms with van der Waals surface area (Å²) in [5, 5.41) is 9.66. The highest BCUT2D eigenvalue weighted by Crippen LogP contribution is 2.11. The molecule has 0 saturated carbocycles. The van der Waals surface area contributed by atoms with Gasteiger partial charge < -0.3 is 5.11 Å². The average molecular weight is 210 g/mol. The van der Waals surface area contributed by atoms with Crippen LogP contribution in [-0.4, -0.2) is 5.11 Å². The predicted octanol–water partition coefficient (Wildman–Crippen LogP) is 5.00. The highest BCUT2D eigenvalue weighted by Gasteiger charge is 2.00. The second-order valence-corrected chi connectivity index (χ2v) is 4.13. The van der Waals surface area contributed by atoms with Crippen molar-refractivity contribution in [2.24, 2.45) is 5.92 Å². The minimum Gasteiger partial charge on any atom is -0.512 e. The third-order valence-electron chi connectivity index (χ3n) is 2.51. The highest BCUT2D eigenvalue weighted by atomic mass is 16.3. The van der Waals surface area contributed by atoms with Crippen molar-refractivity contribution in [3.63, 3.8) is 0 Å². The van der Waals surface area contributed by atoms with Crippen molar-refractivity contribution in [2.45, 2.75) is 59.3 Å².